The van der Waals surface area contributed by atoms with E-state index in [1.165, 1.54) is 7.11 Å². The summed E-state index contributed by atoms with van der Waals surface area (Å²) < 4.78 is 5.27. The van der Waals surface area contributed by atoms with E-state index in [-0.39, 0.29) is 17.6 Å². The Kier molecular flexibility index (Phi) is 5.68. The normalized spacial score (nSPS) is 12.0. The summed E-state index contributed by atoms with van der Waals surface area (Å²) in [6.07, 6.45) is 1.67. The molecule has 0 bridgehead atoms. The Morgan fingerprint density at radius 3 is 2.51 bits per heavy atom. The van der Waals surface area contributed by atoms with Crippen molar-refractivity contribution in [3.63, 3.8) is 0 Å². The molecule has 35 heavy (non-hydrogen) atoms. The number of ether oxygens (including phenoxy) is 1. The molecule has 8 nitrogen and oxygen atoms in total. The van der Waals surface area contributed by atoms with Gasteiger partial charge in [0.2, 0.25) is 0 Å². The van der Waals surface area contributed by atoms with E-state index in [0.717, 1.165) is 5.69 Å². The van der Waals surface area contributed by atoms with Crippen molar-refractivity contribution in [1.82, 2.24) is 4.98 Å². The van der Waals surface area contributed by atoms with E-state index in [0.29, 0.717) is 39.6 Å². The first kappa shape index (κ1) is 21.8. The van der Waals surface area contributed by atoms with Gasteiger partial charge in [0.1, 0.15) is 17.4 Å². The molecule has 3 aromatic carbocycles. The minimum Gasteiger partial charge on any atom is -0.496 e. The molecule has 2 heterocycles. The Hall–Kier alpha value is -4.98. The van der Waals surface area contributed by atoms with Crippen LogP contribution in [0.2, 0.25) is 0 Å². The summed E-state index contributed by atoms with van der Waals surface area (Å²) in [4.78, 5) is 18.7. The second-order valence-corrected chi connectivity index (χ2v) is 7.81. The molecule has 0 saturated heterocycles. The molecule has 0 fully saturated rings. The molecule has 1 aromatic heterocycles. The number of amides is 1. The Balaban J connectivity index is 1.43. The van der Waals surface area contributed by atoms with Crippen LogP contribution < -0.4 is 20.3 Å². The highest BCUT2D eigenvalue weighted by Crippen LogP contribution is 2.35. The molecule has 5 rings (SSSR count). The van der Waals surface area contributed by atoms with Crippen LogP contribution in [0.4, 0.5) is 22.9 Å². The molecule has 0 unspecified atom stereocenters. The molecule has 0 atom stereocenters. The topological polar surface area (TPSA) is 114 Å². The van der Waals surface area contributed by atoms with Crippen molar-refractivity contribution in [3.05, 3.63) is 108 Å². The van der Waals surface area contributed by atoms with Crippen LogP contribution in [0, 0.1) is 10.8 Å². The molecule has 1 aliphatic rings. The highest BCUT2D eigenvalue weighted by Gasteiger charge is 2.28. The van der Waals surface area contributed by atoms with E-state index >= 15 is 0 Å². The minimum absolute atomic E-state index is 0.116. The fourth-order valence-corrected chi connectivity index (χ4v) is 3.94. The van der Waals surface area contributed by atoms with Crippen molar-refractivity contribution in [3.8, 4) is 5.75 Å². The van der Waals surface area contributed by atoms with Crippen LogP contribution in [-0.2, 0) is 0 Å². The number of rotatable bonds is 4. The number of amidine groups is 2. The second-order valence-electron chi connectivity index (χ2n) is 7.81. The van der Waals surface area contributed by atoms with Crippen molar-refractivity contribution >= 4 is 40.5 Å². The molecule has 8 heteroatoms. The number of benzene rings is 3. The molecule has 4 aromatic rings. The van der Waals surface area contributed by atoms with Gasteiger partial charge in [-0.05, 0) is 60.7 Å². The van der Waals surface area contributed by atoms with Gasteiger partial charge in [-0.1, -0.05) is 24.3 Å². The highest BCUT2D eigenvalue weighted by atomic mass is 16.5. The van der Waals surface area contributed by atoms with Gasteiger partial charge in [0.15, 0.2) is 5.82 Å². The number of carbonyl (C=O) groups is 1. The van der Waals surface area contributed by atoms with Crippen molar-refractivity contribution < 1.29 is 9.53 Å². The van der Waals surface area contributed by atoms with Crippen LogP contribution in [0.25, 0.3) is 0 Å². The first-order valence-electron chi connectivity index (χ1n) is 10.9. The van der Waals surface area contributed by atoms with Gasteiger partial charge in [-0.15, -0.1) is 0 Å². The predicted molar refractivity (Wildman–Crippen MR) is 137 cm³/mol. The molecule has 0 aliphatic carbocycles. The lowest BCUT2D eigenvalue weighted by Crippen LogP contribution is -2.36. The zero-order valence-corrected chi connectivity index (χ0v) is 18.9. The Morgan fingerprint density at radius 2 is 1.71 bits per heavy atom. The quantitative estimate of drug-likeness (QED) is 0.244. The minimum atomic E-state index is -0.290. The number of pyridine rings is 1. The van der Waals surface area contributed by atoms with Gasteiger partial charge in [-0.3, -0.25) is 20.5 Å². The fourth-order valence-electron chi connectivity index (χ4n) is 3.94. The molecule has 0 spiro atoms. The number of aromatic nitrogens is 1. The van der Waals surface area contributed by atoms with Crippen molar-refractivity contribution in [2.24, 2.45) is 0 Å². The van der Waals surface area contributed by atoms with Gasteiger partial charge in [0, 0.05) is 23.0 Å². The first-order valence-corrected chi connectivity index (χ1v) is 10.9. The summed E-state index contributed by atoms with van der Waals surface area (Å²) in [5, 5.41) is 24.0. The predicted octanol–water partition coefficient (Wildman–Crippen LogP) is 5.26. The summed E-state index contributed by atoms with van der Waals surface area (Å²) in [6, 6.07) is 25.0. The SMILES string of the molecule is COc1ccccc1C(=O)Nc1ccc(C(=N)N2C(=N)c3ccccc3Nc3ncccc32)cc1. The van der Waals surface area contributed by atoms with Gasteiger partial charge in [0.25, 0.3) is 5.91 Å². The van der Waals surface area contributed by atoms with E-state index in [1.54, 1.807) is 65.7 Å². The van der Waals surface area contributed by atoms with E-state index in [1.807, 2.05) is 30.3 Å². The third-order valence-corrected chi connectivity index (χ3v) is 5.68. The van der Waals surface area contributed by atoms with E-state index < -0.39 is 0 Å². The number of anilines is 4. The number of para-hydroxylation sites is 2. The fraction of sp³-hybridized carbons (Fsp3) is 0.0370. The second kappa shape index (κ2) is 9.11. The molecule has 0 saturated carbocycles. The molecule has 4 N–H and O–H groups in total. The van der Waals surface area contributed by atoms with Crippen LogP contribution in [0.5, 0.6) is 5.75 Å². The summed E-state index contributed by atoms with van der Waals surface area (Å²) in [7, 11) is 1.52. The number of nitrogens with zero attached hydrogens (tertiary/aromatic N) is 2. The zero-order chi connectivity index (χ0) is 24.4. The Labute approximate surface area is 202 Å². The standard InChI is InChI=1S/C27H22N6O2/c1-35-23-11-5-3-8-20(23)27(34)31-18-14-12-17(13-15-18)24(28)33-22-10-6-16-30-26(22)32-21-9-4-2-7-19(21)25(33)29/h2-16,28-29H,1H3,(H,30,32)(H,31,34). The van der Waals surface area contributed by atoms with Crippen LogP contribution in [-0.4, -0.2) is 29.7 Å². The number of hydrogen-bond acceptors (Lipinski definition) is 6. The van der Waals surface area contributed by atoms with Crippen molar-refractivity contribution in [1.29, 1.82) is 10.8 Å². The van der Waals surface area contributed by atoms with Crippen molar-refractivity contribution in [2.45, 2.75) is 0 Å². The van der Waals surface area contributed by atoms with Gasteiger partial charge in [-0.25, -0.2) is 4.98 Å². The Morgan fingerprint density at radius 1 is 0.971 bits per heavy atom. The summed E-state index contributed by atoms with van der Waals surface area (Å²) in [5.41, 5.74) is 3.61. The number of fused-ring (bicyclic) bond motifs is 2. The zero-order valence-electron chi connectivity index (χ0n) is 18.9. The van der Waals surface area contributed by atoms with Gasteiger partial charge in [-0.2, -0.15) is 0 Å². The lowest BCUT2D eigenvalue weighted by atomic mass is 10.1. The average molecular weight is 463 g/mol. The van der Waals surface area contributed by atoms with Gasteiger partial charge in [0.05, 0.1) is 24.0 Å². The number of nitrogens with one attached hydrogen (secondary N) is 4. The van der Waals surface area contributed by atoms with Crippen LogP contribution in [0.15, 0.2) is 91.1 Å². The monoisotopic (exact) mass is 462 g/mol. The van der Waals surface area contributed by atoms with E-state index in [9.17, 15) is 4.79 Å². The van der Waals surface area contributed by atoms with Crippen molar-refractivity contribution in [2.75, 3.05) is 22.6 Å². The number of carbonyl (C=O) groups excluding carboxylic acids is 1. The Bertz CT molecular complexity index is 1450. The summed E-state index contributed by atoms with van der Waals surface area (Å²) in [5.74, 6) is 1.04. The molecule has 0 radical (unpaired) electrons. The van der Waals surface area contributed by atoms with Crippen LogP contribution in [0.1, 0.15) is 21.5 Å². The molecular weight excluding hydrogens is 440 g/mol. The maximum atomic E-state index is 12.7. The maximum absolute atomic E-state index is 12.7. The largest absolute Gasteiger partial charge is 0.496 e. The molecule has 172 valence electrons. The highest BCUT2D eigenvalue weighted by molar-refractivity contribution is 6.30. The first-order chi connectivity index (χ1) is 17.1. The summed E-state index contributed by atoms with van der Waals surface area (Å²) in [6.45, 7) is 0. The molecule has 1 amide bonds. The lowest BCUT2D eigenvalue weighted by Gasteiger charge is -2.25. The lowest BCUT2D eigenvalue weighted by molar-refractivity contribution is 0.102. The van der Waals surface area contributed by atoms with Crippen LogP contribution >= 0.6 is 0 Å². The van der Waals surface area contributed by atoms with Gasteiger partial charge >= 0.3 is 0 Å². The third kappa shape index (κ3) is 4.08. The van der Waals surface area contributed by atoms with E-state index in [2.05, 4.69) is 15.6 Å². The van der Waals surface area contributed by atoms with Gasteiger partial charge < -0.3 is 15.4 Å². The average Bonchev–Trinajstić information content (AvgIpc) is 3.02. The molecule has 1 aliphatic heterocycles. The number of methoxy groups -OCH3 is 1. The number of hydrogen-bond donors (Lipinski definition) is 4. The summed E-state index contributed by atoms with van der Waals surface area (Å²) >= 11 is 0. The third-order valence-electron chi connectivity index (χ3n) is 5.68. The van der Waals surface area contributed by atoms with Crippen LogP contribution in [0.3, 0.4) is 0 Å². The van der Waals surface area contributed by atoms with E-state index in [4.69, 9.17) is 15.6 Å². The maximum Gasteiger partial charge on any atom is 0.259 e. The smallest absolute Gasteiger partial charge is 0.259 e. The molecular formula is C27H22N6O2.